The van der Waals surface area contributed by atoms with Crippen LogP contribution < -0.4 is 10.2 Å². The second-order valence-electron chi connectivity index (χ2n) is 5.32. The zero-order valence-corrected chi connectivity index (χ0v) is 12.9. The highest BCUT2D eigenvalue weighted by Crippen LogP contribution is 2.22. The second-order valence-corrected chi connectivity index (χ2v) is 6.05. The Kier molecular flexibility index (Phi) is 5.54. The summed E-state index contributed by atoms with van der Waals surface area (Å²) < 4.78 is 9.65. The van der Waals surface area contributed by atoms with Crippen LogP contribution in [0.5, 0.6) is 0 Å². The minimum Gasteiger partial charge on any atom is -0.383 e. The maximum Gasteiger partial charge on any atom is 0.205 e. The van der Waals surface area contributed by atoms with E-state index in [-0.39, 0.29) is 0 Å². The van der Waals surface area contributed by atoms with E-state index < -0.39 is 0 Å². The van der Waals surface area contributed by atoms with E-state index in [0.717, 1.165) is 37.2 Å². The van der Waals surface area contributed by atoms with Gasteiger partial charge in [0.1, 0.15) is 5.82 Å². The average Bonchev–Trinajstić information content (AvgIpc) is 3.05. The molecule has 2 heterocycles. The molecule has 2 rings (SSSR count). The molecule has 1 N–H and O–H groups in total. The minimum absolute atomic E-state index is 0.388. The van der Waals surface area contributed by atoms with Gasteiger partial charge in [-0.1, -0.05) is 13.8 Å². The van der Waals surface area contributed by atoms with E-state index >= 15 is 0 Å². The molecule has 0 amide bonds. The molecule has 1 fully saturated rings. The van der Waals surface area contributed by atoms with Crippen LogP contribution >= 0.6 is 11.5 Å². The highest BCUT2D eigenvalue weighted by atomic mass is 32.1. The Morgan fingerprint density at radius 2 is 2.37 bits per heavy atom. The Morgan fingerprint density at radius 1 is 1.53 bits per heavy atom. The SMILES string of the molecule is COCCN(CC1CCCN1)c1nc(C(C)C)ns1. The van der Waals surface area contributed by atoms with Crippen molar-refractivity contribution in [3.8, 4) is 0 Å². The van der Waals surface area contributed by atoms with Crippen molar-refractivity contribution in [1.29, 1.82) is 0 Å². The van der Waals surface area contributed by atoms with Crippen molar-refractivity contribution < 1.29 is 4.74 Å². The number of nitrogens with zero attached hydrogens (tertiary/aromatic N) is 3. The van der Waals surface area contributed by atoms with Crippen LogP contribution in [-0.4, -0.2) is 48.8 Å². The van der Waals surface area contributed by atoms with Gasteiger partial charge < -0.3 is 15.0 Å². The van der Waals surface area contributed by atoms with Crippen molar-refractivity contribution in [1.82, 2.24) is 14.7 Å². The first-order chi connectivity index (χ1) is 9.20. The van der Waals surface area contributed by atoms with E-state index in [0.29, 0.717) is 12.0 Å². The van der Waals surface area contributed by atoms with Gasteiger partial charge in [-0.05, 0) is 19.4 Å². The molecule has 1 atom stereocenters. The third kappa shape index (κ3) is 4.12. The van der Waals surface area contributed by atoms with Crippen molar-refractivity contribution in [3.05, 3.63) is 5.82 Å². The molecule has 0 bridgehead atoms. The number of nitrogens with one attached hydrogen (secondary N) is 1. The molecule has 1 aromatic rings. The lowest BCUT2D eigenvalue weighted by atomic mass is 10.2. The largest absolute Gasteiger partial charge is 0.383 e. The van der Waals surface area contributed by atoms with Gasteiger partial charge in [-0.3, -0.25) is 0 Å². The van der Waals surface area contributed by atoms with Crippen LogP contribution in [0, 0.1) is 0 Å². The number of aromatic nitrogens is 2. The van der Waals surface area contributed by atoms with Crippen LogP contribution in [0.3, 0.4) is 0 Å². The fourth-order valence-corrected chi connectivity index (χ4v) is 3.08. The summed E-state index contributed by atoms with van der Waals surface area (Å²) in [7, 11) is 1.74. The number of anilines is 1. The molecule has 0 spiro atoms. The fourth-order valence-electron chi connectivity index (χ4n) is 2.23. The van der Waals surface area contributed by atoms with Crippen molar-refractivity contribution in [2.24, 2.45) is 0 Å². The summed E-state index contributed by atoms with van der Waals surface area (Å²) >= 11 is 1.50. The third-order valence-corrected chi connectivity index (χ3v) is 4.18. The van der Waals surface area contributed by atoms with Gasteiger partial charge >= 0.3 is 0 Å². The molecule has 1 aliphatic heterocycles. The normalized spacial score (nSPS) is 19.3. The Bertz CT molecular complexity index is 376. The molecule has 6 heteroatoms. The average molecular weight is 284 g/mol. The molecular formula is C13H24N4OS. The number of ether oxygens (including phenoxy) is 1. The summed E-state index contributed by atoms with van der Waals surface area (Å²) in [6.45, 7) is 7.99. The molecule has 108 valence electrons. The predicted molar refractivity (Wildman–Crippen MR) is 79.1 cm³/mol. The molecule has 0 saturated carbocycles. The van der Waals surface area contributed by atoms with Gasteiger partial charge in [-0.25, -0.2) is 4.98 Å². The van der Waals surface area contributed by atoms with Crippen LogP contribution in [0.4, 0.5) is 5.13 Å². The molecule has 1 aromatic heterocycles. The number of methoxy groups -OCH3 is 1. The number of rotatable bonds is 7. The van der Waals surface area contributed by atoms with E-state index in [2.05, 4.69) is 33.4 Å². The molecule has 0 aromatic carbocycles. The molecule has 1 saturated heterocycles. The third-order valence-electron chi connectivity index (χ3n) is 3.39. The van der Waals surface area contributed by atoms with Crippen LogP contribution in [0.15, 0.2) is 0 Å². The van der Waals surface area contributed by atoms with Gasteiger partial charge in [0, 0.05) is 43.7 Å². The first kappa shape index (κ1) is 14.7. The molecule has 0 radical (unpaired) electrons. The van der Waals surface area contributed by atoms with E-state index in [1.807, 2.05) is 0 Å². The summed E-state index contributed by atoms with van der Waals surface area (Å²) in [5.41, 5.74) is 0. The zero-order valence-electron chi connectivity index (χ0n) is 12.1. The fraction of sp³-hybridized carbons (Fsp3) is 0.846. The smallest absolute Gasteiger partial charge is 0.205 e. The summed E-state index contributed by atoms with van der Waals surface area (Å²) in [6.07, 6.45) is 2.52. The summed E-state index contributed by atoms with van der Waals surface area (Å²) in [4.78, 5) is 6.96. The first-order valence-electron chi connectivity index (χ1n) is 7.01. The first-order valence-corrected chi connectivity index (χ1v) is 7.79. The van der Waals surface area contributed by atoms with Crippen LogP contribution in [-0.2, 0) is 4.74 Å². The maximum atomic E-state index is 5.21. The lowest BCUT2D eigenvalue weighted by molar-refractivity contribution is 0.204. The standard InChI is InChI=1S/C13H24N4OS/c1-10(2)12-15-13(19-16-12)17(7-8-18-3)9-11-5-4-6-14-11/h10-11,14H,4-9H2,1-3H3. The number of hydrogen-bond donors (Lipinski definition) is 1. The van der Waals surface area contributed by atoms with Crippen molar-refractivity contribution in [2.45, 2.75) is 38.6 Å². The van der Waals surface area contributed by atoms with Gasteiger partial charge in [0.25, 0.3) is 0 Å². The topological polar surface area (TPSA) is 50.3 Å². The minimum atomic E-state index is 0.388. The maximum absolute atomic E-state index is 5.21. The predicted octanol–water partition coefficient (Wildman–Crippen LogP) is 1.87. The van der Waals surface area contributed by atoms with E-state index in [9.17, 15) is 0 Å². The van der Waals surface area contributed by atoms with Crippen LogP contribution in [0.25, 0.3) is 0 Å². The highest BCUT2D eigenvalue weighted by Gasteiger charge is 2.20. The summed E-state index contributed by atoms with van der Waals surface area (Å²) in [6, 6.07) is 0.572. The van der Waals surface area contributed by atoms with Gasteiger partial charge in [-0.2, -0.15) is 4.37 Å². The molecule has 1 unspecified atom stereocenters. The Morgan fingerprint density at radius 3 is 2.95 bits per heavy atom. The van der Waals surface area contributed by atoms with E-state index in [1.165, 1.54) is 24.4 Å². The van der Waals surface area contributed by atoms with Crippen molar-refractivity contribution in [3.63, 3.8) is 0 Å². The van der Waals surface area contributed by atoms with Gasteiger partial charge in [0.15, 0.2) is 0 Å². The van der Waals surface area contributed by atoms with Gasteiger partial charge in [0.2, 0.25) is 5.13 Å². The molecule has 0 aliphatic carbocycles. The molecule has 5 nitrogen and oxygen atoms in total. The molecule has 1 aliphatic rings. The monoisotopic (exact) mass is 284 g/mol. The number of hydrogen-bond acceptors (Lipinski definition) is 6. The van der Waals surface area contributed by atoms with Crippen molar-refractivity contribution >= 4 is 16.7 Å². The zero-order chi connectivity index (χ0) is 13.7. The van der Waals surface area contributed by atoms with E-state index in [4.69, 9.17) is 4.74 Å². The highest BCUT2D eigenvalue weighted by molar-refractivity contribution is 7.09. The Hall–Kier alpha value is -0.720. The second kappa shape index (κ2) is 7.17. The molecule has 19 heavy (non-hydrogen) atoms. The summed E-state index contributed by atoms with van der Waals surface area (Å²) in [5.74, 6) is 1.33. The van der Waals surface area contributed by atoms with Gasteiger partial charge in [-0.15, -0.1) is 0 Å². The Labute approximate surface area is 119 Å². The van der Waals surface area contributed by atoms with Crippen molar-refractivity contribution in [2.75, 3.05) is 38.3 Å². The van der Waals surface area contributed by atoms with Crippen LogP contribution in [0.1, 0.15) is 38.4 Å². The van der Waals surface area contributed by atoms with E-state index in [1.54, 1.807) is 7.11 Å². The van der Waals surface area contributed by atoms with Gasteiger partial charge in [0.05, 0.1) is 6.61 Å². The summed E-state index contributed by atoms with van der Waals surface area (Å²) in [5, 5.41) is 4.56. The lowest BCUT2D eigenvalue weighted by Gasteiger charge is -2.24. The molecular weight excluding hydrogens is 260 g/mol. The lowest BCUT2D eigenvalue weighted by Crippen LogP contribution is -2.39. The Balaban J connectivity index is 2.01. The quantitative estimate of drug-likeness (QED) is 0.828. The van der Waals surface area contributed by atoms with Crippen LogP contribution in [0.2, 0.25) is 0 Å².